The number of likely N-dealkylation sites (tertiary alicyclic amines) is 1. The first-order chi connectivity index (χ1) is 10.7. The fourth-order valence-electron chi connectivity index (χ4n) is 3.15. The fraction of sp³-hybridized carbons (Fsp3) is 0.529. The van der Waals surface area contributed by atoms with E-state index in [-0.39, 0.29) is 11.8 Å². The van der Waals surface area contributed by atoms with Crippen molar-refractivity contribution in [3.8, 4) is 0 Å². The van der Waals surface area contributed by atoms with E-state index < -0.39 is 0 Å². The predicted octanol–water partition coefficient (Wildman–Crippen LogP) is 1.64. The van der Waals surface area contributed by atoms with Crippen LogP contribution in [-0.2, 0) is 4.79 Å². The van der Waals surface area contributed by atoms with Crippen molar-refractivity contribution in [3.63, 3.8) is 0 Å². The molecular weight excluding hydrogens is 278 g/mol. The van der Waals surface area contributed by atoms with E-state index in [0.717, 1.165) is 38.3 Å². The smallest absolute Gasteiger partial charge is 0.251 e. The minimum absolute atomic E-state index is 0.0431. The lowest BCUT2D eigenvalue weighted by Crippen LogP contribution is -2.33. The summed E-state index contributed by atoms with van der Waals surface area (Å²) >= 11 is 0. The highest BCUT2D eigenvalue weighted by atomic mass is 16.2. The molecule has 1 aromatic rings. The van der Waals surface area contributed by atoms with Crippen LogP contribution in [0, 0.1) is 0 Å². The van der Waals surface area contributed by atoms with E-state index in [0.29, 0.717) is 18.5 Å². The molecule has 5 heteroatoms. The molecule has 1 aromatic carbocycles. The van der Waals surface area contributed by atoms with Crippen LogP contribution in [0.4, 0.5) is 5.69 Å². The number of benzene rings is 1. The highest BCUT2D eigenvalue weighted by Crippen LogP contribution is 2.21. The Morgan fingerprint density at radius 2 is 1.77 bits per heavy atom. The number of carbonyl (C=O) groups excluding carboxylic acids is 2. The van der Waals surface area contributed by atoms with Crippen LogP contribution in [0.25, 0.3) is 0 Å². The molecule has 0 atom stereocenters. The molecule has 2 heterocycles. The lowest BCUT2D eigenvalue weighted by atomic mass is 10.2. The van der Waals surface area contributed by atoms with E-state index >= 15 is 0 Å². The third kappa shape index (κ3) is 3.47. The molecular formula is C17H23N3O2. The molecule has 0 aliphatic carbocycles. The Kier molecular flexibility index (Phi) is 4.73. The van der Waals surface area contributed by atoms with Gasteiger partial charge in [-0.25, -0.2) is 0 Å². The van der Waals surface area contributed by atoms with Crippen molar-refractivity contribution in [1.82, 2.24) is 10.2 Å². The van der Waals surface area contributed by atoms with Gasteiger partial charge in [0.05, 0.1) is 0 Å². The predicted molar refractivity (Wildman–Crippen MR) is 86.0 cm³/mol. The molecule has 0 saturated carbocycles. The van der Waals surface area contributed by atoms with Crippen molar-refractivity contribution in [2.45, 2.75) is 25.7 Å². The number of nitrogens with one attached hydrogen (secondary N) is 1. The molecule has 2 aliphatic rings. The van der Waals surface area contributed by atoms with E-state index in [1.165, 1.54) is 12.8 Å². The number of anilines is 1. The molecule has 1 N–H and O–H groups in total. The first kappa shape index (κ1) is 15.0. The maximum Gasteiger partial charge on any atom is 0.251 e. The summed E-state index contributed by atoms with van der Waals surface area (Å²) in [7, 11) is 0. The third-order valence-corrected chi connectivity index (χ3v) is 4.43. The zero-order valence-electron chi connectivity index (χ0n) is 12.9. The maximum atomic E-state index is 12.1. The molecule has 0 radical (unpaired) electrons. The van der Waals surface area contributed by atoms with Gasteiger partial charge in [-0.1, -0.05) is 0 Å². The van der Waals surface area contributed by atoms with Gasteiger partial charge in [-0.3, -0.25) is 9.59 Å². The van der Waals surface area contributed by atoms with Crippen LogP contribution in [0.5, 0.6) is 0 Å². The molecule has 5 nitrogen and oxygen atoms in total. The second kappa shape index (κ2) is 6.92. The van der Waals surface area contributed by atoms with Crippen molar-refractivity contribution in [2.24, 2.45) is 0 Å². The van der Waals surface area contributed by atoms with E-state index in [4.69, 9.17) is 0 Å². The standard InChI is InChI=1S/C17H23N3O2/c21-16-4-3-12-20(16)15-7-5-14(6-8-15)17(22)18-9-13-19-10-1-2-11-19/h5-8H,1-4,9-13H2,(H,18,22). The van der Waals surface area contributed by atoms with Crippen LogP contribution >= 0.6 is 0 Å². The lowest BCUT2D eigenvalue weighted by Gasteiger charge is -2.16. The van der Waals surface area contributed by atoms with Crippen LogP contribution in [0.1, 0.15) is 36.0 Å². The number of carbonyl (C=O) groups is 2. The number of amides is 2. The van der Waals surface area contributed by atoms with E-state index in [1.807, 2.05) is 12.1 Å². The summed E-state index contributed by atoms with van der Waals surface area (Å²) < 4.78 is 0. The highest BCUT2D eigenvalue weighted by molar-refractivity contribution is 5.97. The SMILES string of the molecule is O=C(NCCN1CCCC1)c1ccc(N2CCCC2=O)cc1. The number of rotatable bonds is 5. The molecule has 2 aliphatic heterocycles. The number of hydrogen-bond acceptors (Lipinski definition) is 3. The average Bonchev–Trinajstić information content (AvgIpc) is 3.19. The van der Waals surface area contributed by atoms with E-state index in [9.17, 15) is 9.59 Å². The maximum absolute atomic E-state index is 12.1. The Labute approximate surface area is 131 Å². The quantitative estimate of drug-likeness (QED) is 0.899. The molecule has 22 heavy (non-hydrogen) atoms. The van der Waals surface area contributed by atoms with Gasteiger partial charge in [-0.15, -0.1) is 0 Å². The van der Waals surface area contributed by atoms with Crippen LogP contribution < -0.4 is 10.2 Å². The van der Waals surface area contributed by atoms with Crippen molar-refractivity contribution in [3.05, 3.63) is 29.8 Å². The number of hydrogen-bond donors (Lipinski definition) is 1. The normalized spacial score (nSPS) is 18.9. The van der Waals surface area contributed by atoms with Crippen molar-refractivity contribution >= 4 is 17.5 Å². The summed E-state index contributed by atoms with van der Waals surface area (Å²) in [5.41, 5.74) is 1.54. The molecule has 2 amide bonds. The third-order valence-electron chi connectivity index (χ3n) is 4.43. The zero-order valence-corrected chi connectivity index (χ0v) is 12.9. The summed E-state index contributed by atoms with van der Waals surface area (Å²) in [4.78, 5) is 28.0. The Bertz CT molecular complexity index is 535. The fourth-order valence-corrected chi connectivity index (χ4v) is 3.15. The molecule has 2 saturated heterocycles. The van der Waals surface area contributed by atoms with Gasteiger partial charge in [0.25, 0.3) is 5.91 Å². The van der Waals surface area contributed by atoms with Crippen molar-refractivity contribution in [1.29, 1.82) is 0 Å². The van der Waals surface area contributed by atoms with Gasteiger partial charge in [0.1, 0.15) is 0 Å². The Balaban J connectivity index is 1.51. The highest BCUT2D eigenvalue weighted by Gasteiger charge is 2.21. The number of nitrogens with zero attached hydrogens (tertiary/aromatic N) is 2. The van der Waals surface area contributed by atoms with Gasteiger partial charge in [0.2, 0.25) is 5.91 Å². The van der Waals surface area contributed by atoms with Gasteiger partial charge in [-0.2, -0.15) is 0 Å². The van der Waals surface area contributed by atoms with Crippen molar-refractivity contribution in [2.75, 3.05) is 37.6 Å². The van der Waals surface area contributed by atoms with E-state index in [1.54, 1.807) is 17.0 Å². The van der Waals surface area contributed by atoms with Crippen LogP contribution in [0.3, 0.4) is 0 Å². The van der Waals surface area contributed by atoms with Gasteiger partial charge < -0.3 is 15.1 Å². The largest absolute Gasteiger partial charge is 0.351 e. The van der Waals surface area contributed by atoms with Crippen LogP contribution in [0.2, 0.25) is 0 Å². The Morgan fingerprint density at radius 3 is 2.41 bits per heavy atom. The summed E-state index contributed by atoms with van der Waals surface area (Å²) in [6, 6.07) is 7.31. The first-order valence-corrected chi connectivity index (χ1v) is 8.15. The van der Waals surface area contributed by atoms with Gasteiger partial charge >= 0.3 is 0 Å². The van der Waals surface area contributed by atoms with Gasteiger partial charge in [0, 0.05) is 37.3 Å². The molecule has 3 rings (SSSR count). The summed E-state index contributed by atoms with van der Waals surface area (Å²) in [6.45, 7) is 4.68. The second-order valence-corrected chi connectivity index (χ2v) is 6.00. The molecule has 2 fully saturated rings. The monoisotopic (exact) mass is 301 g/mol. The molecule has 0 unspecified atom stereocenters. The molecule has 118 valence electrons. The topological polar surface area (TPSA) is 52.7 Å². The molecule has 0 bridgehead atoms. The van der Waals surface area contributed by atoms with Gasteiger partial charge in [0.15, 0.2) is 0 Å². The lowest BCUT2D eigenvalue weighted by molar-refractivity contribution is -0.117. The zero-order chi connectivity index (χ0) is 15.4. The summed E-state index contributed by atoms with van der Waals surface area (Å²) in [5, 5.41) is 2.96. The van der Waals surface area contributed by atoms with Crippen LogP contribution in [0.15, 0.2) is 24.3 Å². The molecule has 0 spiro atoms. The minimum atomic E-state index is -0.0431. The summed E-state index contributed by atoms with van der Waals surface area (Å²) in [6.07, 6.45) is 4.07. The van der Waals surface area contributed by atoms with Crippen LogP contribution in [-0.4, -0.2) is 49.4 Å². The molecule has 0 aromatic heterocycles. The summed E-state index contributed by atoms with van der Waals surface area (Å²) in [5.74, 6) is 0.126. The van der Waals surface area contributed by atoms with E-state index in [2.05, 4.69) is 10.2 Å². The Morgan fingerprint density at radius 1 is 1.05 bits per heavy atom. The average molecular weight is 301 g/mol. The minimum Gasteiger partial charge on any atom is -0.351 e. The second-order valence-electron chi connectivity index (χ2n) is 6.00. The Hall–Kier alpha value is -1.88. The van der Waals surface area contributed by atoms with Gasteiger partial charge in [-0.05, 0) is 56.6 Å². The van der Waals surface area contributed by atoms with Crippen molar-refractivity contribution < 1.29 is 9.59 Å². The first-order valence-electron chi connectivity index (χ1n) is 8.15.